The van der Waals surface area contributed by atoms with Crippen molar-refractivity contribution < 1.29 is 9.53 Å². The predicted octanol–water partition coefficient (Wildman–Crippen LogP) is 1.96. The van der Waals surface area contributed by atoms with E-state index >= 15 is 0 Å². The molecule has 5 heteroatoms. The van der Waals surface area contributed by atoms with Gasteiger partial charge >= 0.3 is 0 Å². The highest BCUT2D eigenvalue weighted by molar-refractivity contribution is 5.85. The van der Waals surface area contributed by atoms with E-state index in [1.807, 2.05) is 26.0 Å². The van der Waals surface area contributed by atoms with E-state index in [2.05, 4.69) is 11.4 Å². The summed E-state index contributed by atoms with van der Waals surface area (Å²) in [5, 5.41) is 2.79. The second-order valence-electron chi connectivity index (χ2n) is 4.36. The number of nitrogens with two attached hydrogens (primary N) is 1. The Kier molecular flexibility index (Phi) is 9.00. The number of aryl methyl sites for hydroxylation is 2. The lowest BCUT2D eigenvalue weighted by atomic mass is 10.1. The summed E-state index contributed by atoms with van der Waals surface area (Å²) in [6.45, 7) is 5.68. The molecule has 0 spiro atoms. The summed E-state index contributed by atoms with van der Waals surface area (Å²) in [5.74, 6) is 0.851. The van der Waals surface area contributed by atoms with Crippen LogP contribution >= 0.6 is 12.4 Å². The highest BCUT2D eigenvalue weighted by Gasteiger charge is 2.03. The SMILES string of the molecule is Cc1ccc(OCCC(=O)NCCCN)c(C)c1.Cl. The fourth-order valence-corrected chi connectivity index (χ4v) is 1.63. The Labute approximate surface area is 121 Å². The molecule has 0 aromatic heterocycles. The number of carbonyl (C=O) groups excluding carboxylic acids is 1. The lowest BCUT2D eigenvalue weighted by Crippen LogP contribution is -2.27. The zero-order valence-corrected chi connectivity index (χ0v) is 12.4. The average molecular weight is 287 g/mol. The second kappa shape index (κ2) is 9.64. The normalized spacial score (nSPS) is 9.63. The van der Waals surface area contributed by atoms with Crippen LogP contribution < -0.4 is 15.8 Å². The molecule has 0 aliphatic rings. The zero-order valence-electron chi connectivity index (χ0n) is 11.6. The summed E-state index contributed by atoms with van der Waals surface area (Å²) in [7, 11) is 0. The van der Waals surface area contributed by atoms with Gasteiger partial charge in [-0.2, -0.15) is 0 Å². The summed E-state index contributed by atoms with van der Waals surface area (Å²) >= 11 is 0. The van der Waals surface area contributed by atoms with E-state index in [0.717, 1.165) is 17.7 Å². The summed E-state index contributed by atoms with van der Waals surface area (Å²) in [6.07, 6.45) is 1.18. The molecule has 0 saturated carbocycles. The minimum atomic E-state index is 0. The first-order valence-electron chi connectivity index (χ1n) is 6.30. The van der Waals surface area contributed by atoms with Crippen LogP contribution in [0, 0.1) is 13.8 Å². The Morgan fingerprint density at radius 2 is 2.11 bits per heavy atom. The molecule has 1 aromatic rings. The summed E-state index contributed by atoms with van der Waals surface area (Å²) in [5.41, 5.74) is 7.65. The van der Waals surface area contributed by atoms with E-state index in [4.69, 9.17) is 10.5 Å². The van der Waals surface area contributed by atoms with Crippen molar-refractivity contribution in [3.8, 4) is 5.75 Å². The van der Waals surface area contributed by atoms with Crippen LogP contribution in [0.25, 0.3) is 0 Å². The van der Waals surface area contributed by atoms with Crippen LogP contribution in [0.2, 0.25) is 0 Å². The fraction of sp³-hybridized carbons (Fsp3) is 0.500. The van der Waals surface area contributed by atoms with Gasteiger partial charge < -0.3 is 15.8 Å². The number of benzene rings is 1. The molecule has 0 atom stereocenters. The first-order valence-corrected chi connectivity index (χ1v) is 6.30. The van der Waals surface area contributed by atoms with Gasteiger partial charge in [-0.15, -0.1) is 12.4 Å². The third-order valence-corrected chi connectivity index (χ3v) is 2.62. The molecule has 0 bridgehead atoms. The molecule has 0 radical (unpaired) electrons. The third-order valence-electron chi connectivity index (χ3n) is 2.62. The van der Waals surface area contributed by atoms with Crippen molar-refractivity contribution in [3.63, 3.8) is 0 Å². The van der Waals surface area contributed by atoms with Crippen molar-refractivity contribution in [2.24, 2.45) is 5.73 Å². The number of rotatable bonds is 7. The molecule has 108 valence electrons. The van der Waals surface area contributed by atoms with Crippen LogP contribution in [-0.4, -0.2) is 25.6 Å². The Bertz CT molecular complexity index is 397. The van der Waals surface area contributed by atoms with Gasteiger partial charge in [-0.3, -0.25) is 4.79 Å². The highest BCUT2D eigenvalue weighted by Crippen LogP contribution is 2.18. The molecular weight excluding hydrogens is 264 g/mol. The van der Waals surface area contributed by atoms with Gasteiger partial charge in [-0.1, -0.05) is 17.7 Å². The van der Waals surface area contributed by atoms with Crippen LogP contribution in [0.3, 0.4) is 0 Å². The third kappa shape index (κ3) is 7.03. The minimum Gasteiger partial charge on any atom is -0.493 e. The van der Waals surface area contributed by atoms with Crippen molar-refractivity contribution >= 4 is 18.3 Å². The molecule has 1 amide bonds. The van der Waals surface area contributed by atoms with E-state index in [-0.39, 0.29) is 18.3 Å². The van der Waals surface area contributed by atoms with Crippen molar-refractivity contribution in [2.75, 3.05) is 19.7 Å². The van der Waals surface area contributed by atoms with E-state index in [1.165, 1.54) is 5.56 Å². The number of amides is 1. The molecule has 0 unspecified atom stereocenters. The summed E-state index contributed by atoms with van der Waals surface area (Å²) < 4.78 is 5.58. The van der Waals surface area contributed by atoms with E-state index in [0.29, 0.717) is 26.1 Å². The van der Waals surface area contributed by atoms with Crippen molar-refractivity contribution in [1.82, 2.24) is 5.32 Å². The molecule has 0 saturated heterocycles. The number of carbonyl (C=O) groups is 1. The summed E-state index contributed by atoms with van der Waals surface area (Å²) in [4.78, 5) is 11.4. The Morgan fingerprint density at radius 1 is 1.37 bits per heavy atom. The van der Waals surface area contributed by atoms with E-state index < -0.39 is 0 Å². The Morgan fingerprint density at radius 3 is 2.74 bits per heavy atom. The zero-order chi connectivity index (χ0) is 13.4. The van der Waals surface area contributed by atoms with Gasteiger partial charge in [-0.05, 0) is 38.4 Å². The van der Waals surface area contributed by atoms with Crippen molar-refractivity contribution in [3.05, 3.63) is 29.3 Å². The number of nitrogens with one attached hydrogen (secondary N) is 1. The van der Waals surface area contributed by atoms with Crippen LogP contribution in [-0.2, 0) is 4.79 Å². The smallest absolute Gasteiger partial charge is 0.223 e. The molecule has 4 nitrogen and oxygen atoms in total. The fourth-order valence-electron chi connectivity index (χ4n) is 1.63. The van der Waals surface area contributed by atoms with Gasteiger partial charge in [0.2, 0.25) is 5.91 Å². The maximum atomic E-state index is 11.4. The predicted molar refractivity (Wildman–Crippen MR) is 80.0 cm³/mol. The van der Waals surface area contributed by atoms with Gasteiger partial charge in [-0.25, -0.2) is 0 Å². The Hall–Kier alpha value is -1.26. The topological polar surface area (TPSA) is 64.3 Å². The molecule has 0 fully saturated rings. The van der Waals surface area contributed by atoms with Gasteiger partial charge in [0, 0.05) is 6.54 Å². The maximum Gasteiger partial charge on any atom is 0.223 e. The van der Waals surface area contributed by atoms with Gasteiger partial charge in [0.15, 0.2) is 0 Å². The molecule has 3 N–H and O–H groups in total. The molecule has 1 aromatic carbocycles. The van der Waals surface area contributed by atoms with Crippen LogP contribution in [0.1, 0.15) is 24.0 Å². The monoisotopic (exact) mass is 286 g/mol. The molecule has 0 heterocycles. The summed E-state index contributed by atoms with van der Waals surface area (Å²) in [6, 6.07) is 6.01. The lowest BCUT2D eigenvalue weighted by molar-refractivity contribution is -0.121. The van der Waals surface area contributed by atoms with Crippen LogP contribution in [0.15, 0.2) is 18.2 Å². The standard InChI is InChI=1S/C14H22N2O2.ClH/c1-11-4-5-13(12(2)10-11)18-9-6-14(17)16-8-3-7-15;/h4-5,10H,3,6-9,15H2,1-2H3,(H,16,17);1H. The molecule has 0 aliphatic heterocycles. The Balaban J connectivity index is 0.00000324. The average Bonchev–Trinajstić information content (AvgIpc) is 2.32. The van der Waals surface area contributed by atoms with Gasteiger partial charge in [0.25, 0.3) is 0 Å². The molecule has 19 heavy (non-hydrogen) atoms. The second-order valence-corrected chi connectivity index (χ2v) is 4.36. The van der Waals surface area contributed by atoms with E-state index in [9.17, 15) is 4.79 Å². The highest BCUT2D eigenvalue weighted by atomic mass is 35.5. The number of hydrogen-bond donors (Lipinski definition) is 2. The first-order chi connectivity index (χ1) is 8.63. The number of ether oxygens (including phenoxy) is 1. The lowest BCUT2D eigenvalue weighted by Gasteiger charge is -2.09. The first kappa shape index (κ1) is 17.7. The number of halogens is 1. The quantitative estimate of drug-likeness (QED) is 0.753. The molecular formula is C14H23ClN2O2. The van der Waals surface area contributed by atoms with Gasteiger partial charge in [0.1, 0.15) is 5.75 Å². The van der Waals surface area contributed by atoms with E-state index in [1.54, 1.807) is 0 Å². The molecule has 1 rings (SSSR count). The minimum absolute atomic E-state index is 0. The van der Waals surface area contributed by atoms with Gasteiger partial charge in [0.05, 0.1) is 13.0 Å². The van der Waals surface area contributed by atoms with Crippen molar-refractivity contribution in [1.29, 1.82) is 0 Å². The molecule has 0 aliphatic carbocycles. The van der Waals surface area contributed by atoms with Crippen LogP contribution in [0.5, 0.6) is 5.75 Å². The number of hydrogen-bond acceptors (Lipinski definition) is 3. The van der Waals surface area contributed by atoms with Crippen molar-refractivity contribution in [2.45, 2.75) is 26.7 Å². The van der Waals surface area contributed by atoms with Crippen LogP contribution in [0.4, 0.5) is 0 Å². The maximum absolute atomic E-state index is 11.4. The largest absolute Gasteiger partial charge is 0.493 e.